The van der Waals surface area contributed by atoms with Crippen molar-refractivity contribution in [2.45, 2.75) is 4.90 Å². The van der Waals surface area contributed by atoms with Crippen molar-refractivity contribution in [3.8, 4) is 16.9 Å². The fraction of sp³-hybridized carbons (Fsp3) is 0. The van der Waals surface area contributed by atoms with E-state index in [1.807, 2.05) is 0 Å². The van der Waals surface area contributed by atoms with Crippen molar-refractivity contribution in [1.29, 1.82) is 0 Å². The third-order valence-corrected chi connectivity index (χ3v) is 5.69. The highest BCUT2D eigenvalue weighted by Crippen LogP contribution is 2.25. The Balaban J connectivity index is 1.69. The molecule has 0 atom stereocenters. The molecule has 1 heterocycles. The second-order valence-electron chi connectivity index (χ2n) is 6.37. The molecule has 0 spiro atoms. The van der Waals surface area contributed by atoms with Gasteiger partial charge in [-0.2, -0.15) is 8.42 Å². The highest BCUT2D eigenvalue weighted by atomic mass is 32.2. The summed E-state index contributed by atoms with van der Waals surface area (Å²) in [5, 5.41) is 9.22. The SMILES string of the molecule is O=C(O)c1ccc(-c2coc3cc(OS(=O)(=O)c4ccccc4)ccc3c2=O)cc1. The Kier molecular flexibility index (Phi) is 4.85. The molecule has 0 aliphatic carbocycles. The molecule has 0 saturated heterocycles. The van der Waals surface area contributed by atoms with Crippen molar-refractivity contribution in [2.24, 2.45) is 0 Å². The molecule has 30 heavy (non-hydrogen) atoms. The van der Waals surface area contributed by atoms with Gasteiger partial charge in [0.05, 0.1) is 16.5 Å². The van der Waals surface area contributed by atoms with Crippen LogP contribution in [0.2, 0.25) is 0 Å². The number of carboxylic acids is 1. The molecule has 0 radical (unpaired) electrons. The van der Waals surface area contributed by atoms with Gasteiger partial charge in [0.1, 0.15) is 22.5 Å². The molecule has 1 aromatic heterocycles. The van der Waals surface area contributed by atoms with E-state index < -0.39 is 16.1 Å². The van der Waals surface area contributed by atoms with Gasteiger partial charge in [-0.1, -0.05) is 30.3 Å². The second kappa shape index (κ2) is 7.49. The van der Waals surface area contributed by atoms with Crippen molar-refractivity contribution in [3.05, 3.63) is 94.8 Å². The Morgan fingerprint density at radius 2 is 1.63 bits per heavy atom. The van der Waals surface area contributed by atoms with Gasteiger partial charge in [0.2, 0.25) is 0 Å². The van der Waals surface area contributed by atoms with E-state index in [1.54, 1.807) is 18.2 Å². The number of aromatic carboxylic acids is 1. The van der Waals surface area contributed by atoms with Crippen LogP contribution in [0.4, 0.5) is 0 Å². The van der Waals surface area contributed by atoms with E-state index >= 15 is 0 Å². The van der Waals surface area contributed by atoms with Crippen LogP contribution in [-0.2, 0) is 10.1 Å². The van der Waals surface area contributed by atoms with Gasteiger partial charge in [-0.05, 0) is 42.0 Å². The van der Waals surface area contributed by atoms with Crippen LogP contribution in [0.25, 0.3) is 22.1 Å². The maximum absolute atomic E-state index is 12.8. The van der Waals surface area contributed by atoms with Crippen LogP contribution in [-0.4, -0.2) is 19.5 Å². The summed E-state index contributed by atoms with van der Waals surface area (Å²) in [6, 6.07) is 17.6. The molecular weight excluding hydrogens is 408 g/mol. The molecule has 150 valence electrons. The highest BCUT2D eigenvalue weighted by Gasteiger charge is 2.17. The Labute approximate surface area is 170 Å². The third-order valence-electron chi connectivity index (χ3n) is 4.43. The first-order valence-corrected chi connectivity index (χ1v) is 10.1. The van der Waals surface area contributed by atoms with Crippen LogP contribution >= 0.6 is 0 Å². The molecule has 4 aromatic rings. The topological polar surface area (TPSA) is 111 Å². The van der Waals surface area contributed by atoms with Gasteiger partial charge in [0, 0.05) is 6.07 Å². The Morgan fingerprint density at radius 1 is 0.933 bits per heavy atom. The Bertz CT molecular complexity index is 1400. The van der Waals surface area contributed by atoms with Crippen LogP contribution in [0.5, 0.6) is 5.75 Å². The van der Waals surface area contributed by atoms with Gasteiger partial charge >= 0.3 is 16.1 Å². The molecule has 0 bridgehead atoms. The van der Waals surface area contributed by atoms with E-state index in [-0.39, 0.29) is 38.2 Å². The van der Waals surface area contributed by atoms with Gasteiger partial charge in [0.15, 0.2) is 5.43 Å². The first kappa shape index (κ1) is 19.4. The lowest BCUT2D eigenvalue weighted by Gasteiger charge is -2.08. The van der Waals surface area contributed by atoms with Crippen molar-refractivity contribution in [3.63, 3.8) is 0 Å². The minimum Gasteiger partial charge on any atom is -0.478 e. The summed E-state index contributed by atoms with van der Waals surface area (Å²) in [6.45, 7) is 0. The minimum absolute atomic E-state index is 0.00621. The molecule has 0 aliphatic rings. The summed E-state index contributed by atoms with van der Waals surface area (Å²) in [5.74, 6) is -1.06. The monoisotopic (exact) mass is 422 g/mol. The molecule has 0 aliphatic heterocycles. The Hall–Kier alpha value is -3.91. The lowest BCUT2D eigenvalue weighted by atomic mass is 10.0. The molecule has 0 fully saturated rings. The summed E-state index contributed by atoms with van der Waals surface area (Å²) in [4.78, 5) is 23.8. The van der Waals surface area contributed by atoms with Crippen molar-refractivity contribution in [1.82, 2.24) is 0 Å². The minimum atomic E-state index is -4.02. The van der Waals surface area contributed by atoms with Crippen LogP contribution in [0, 0.1) is 0 Å². The first-order valence-electron chi connectivity index (χ1n) is 8.74. The average Bonchev–Trinajstić information content (AvgIpc) is 2.74. The molecule has 4 rings (SSSR count). The average molecular weight is 422 g/mol. The third kappa shape index (κ3) is 3.68. The fourth-order valence-corrected chi connectivity index (χ4v) is 3.86. The molecule has 7 nitrogen and oxygen atoms in total. The number of hydrogen-bond acceptors (Lipinski definition) is 6. The van der Waals surface area contributed by atoms with E-state index in [0.717, 1.165) is 0 Å². The largest absolute Gasteiger partial charge is 0.478 e. The lowest BCUT2D eigenvalue weighted by Crippen LogP contribution is -2.10. The fourth-order valence-electron chi connectivity index (χ4n) is 2.91. The number of carbonyl (C=O) groups is 1. The van der Waals surface area contributed by atoms with E-state index in [1.165, 1.54) is 60.9 Å². The van der Waals surface area contributed by atoms with E-state index in [9.17, 15) is 18.0 Å². The molecule has 0 amide bonds. The summed E-state index contributed by atoms with van der Waals surface area (Å²) in [5.41, 5.74) is 0.682. The summed E-state index contributed by atoms with van der Waals surface area (Å²) < 4.78 is 35.4. The standard InChI is InChI=1S/C22H14O7S/c23-21-18-11-10-16(29-30(26,27)17-4-2-1-3-5-17)12-20(18)28-13-19(21)14-6-8-15(9-7-14)22(24)25/h1-13H,(H,24,25). The van der Waals surface area contributed by atoms with Gasteiger partial charge in [-0.15, -0.1) is 0 Å². The molecule has 3 aromatic carbocycles. The number of benzene rings is 3. The maximum atomic E-state index is 12.8. The van der Waals surface area contributed by atoms with Crippen molar-refractivity contribution in [2.75, 3.05) is 0 Å². The lowest BCUT2D eigenvalue weighted by molar-refractivity contribution is 0.0697. The molecule has 8 heteroatoms. The number of carboxylic acid groups (broad SMARTS) is 1. The quantitative estimate of drug-likeness (QED) is 0.485. The predicted octanol–water partition coefficient (Wildman–Crippen LogP) is 3.93. The van der Waals surface area contributed by atoms with Crippen LogP contribution in [0.15, 0.2) is 93.2 Å². The zero-order chi connectivity index (χ0) is 21.3. The summed E-state index contributed by atoms with van der Waals surface area (Å²) in [7, 11) is -4.02. The van der Waals surface area contributed by atoms with Gasteiger partial charge in [0.25, 0.3) is 0 Å². The van der Waals surface area contributed by atoms with Gasteiger partial charge in [-0.3, -0.25) is 4.79 Å². The smallest absolute Gasteiger partial charge is 0.339 e. The molecule has 0 unspecified atom stereocenters. The van der Waals surface area contributed by atoms with E-state index in [0.29, 0.717) is 5.56 Å². The normalized spacial score (nSPS) is 11.3. The number of fused-ring (bicyclic) bond motifs is 1. The number of rotatable bonds is 5. The molecular formula is C22H14O7S. The molecule has 0 saturated carbocycles. The number of hydrogen-bond donors (Lipinski definition) is 1. The van der Waals surface area contributed by atoms with Crippen LogP contribution in [0.3, 0.4) is 0 Å². The summed E-state index contributed by atoms with van der Waals surface area (Å²) in [6.07, 6.45) is 1.25. The van der Waals surface area contributed by atoms with Crippen molar-refractivity contribution >= 4 is 27.1 Å². The first-order chi connectivity index (χ1) is 14.3. The van der Waals surface area contributed by atoms with Crippen molar-refractivity contribution < 1.29 is 26.9 Å². The van der Waals surface area contributed by atoms with Crippen LogP contribution < -0.4 is 9.61 Å². The summed E-state index contributed by atoms with van der Waals surface area (Å²) >= 11 is 0. The predicted molar refractivity (Wildman–Crippen MR) is 109 cm³/mol. The molecule has 1 N–H and O–H groups in total. The van der Waals surface area contributed by atoms with Gasteiger partial charge in [-0.25, -0.2) is 4.79 Å². The van der Waals surface area contributed by atoms with E-state index in [2.05, 4.69) is 0 Å². The highest BCUT2D eigenvalue weighted by molar-refractivity contribution is 7.87. The zero-order valence-electron chi connectivity index (χ0n) is 15.3. The Morgan fingerprint density at radius 3 is 2.30 bits per heavy atom. The maximum Gasteiger partial charge on any atom is 0.339 e. The van der Waals surface area contributed by atoms with Gasteiger partial charge < -0.3 is 13.7 Å². The second-order valence-corrected chi connectivity index (χ2v) is 7.92. The zero-order valence-corrected chi connectivity index (χ0v) is 16.1. The van der Waals surface area contributed by atoms with E-state index in [4.69, 9.17) is 13.7 Å². The van der Waals surface area contributed by atoms with Crippen LogP contribution in [0.1, 0.15) is 10.4 Å².